The van der Waals surface area contributed by atoms with Crippen LogP contribution in [0.2, 0.25) is 0 Å². The Morgan fingerprint density at radius 2 is 1.50 bits per heavy atom. The molecule has 0 aromatic rings. The first-order chi connectivity index (χ1) is 28.4. The fraction of sp³-hybridized carbons (Fsp3) is 0.915. The predicted molar refractivity (Wildman–Crippen MR) is 234 cm³/mol. The second-order valence-corrected chi connectivity index (χ2v) is 18.5. The zero-order chi connectivity index (χ0) is 41.1. The number of carbonyl (C=O) groups excluding carboxylic acids is 2. The second-order valence-electron chi connectivity index (χ2n) is 18.5. The summed E-state index contributed by atoms with van der Waals surface area (Å²) in [6.45, 7) is 7.84. The van der Waals surface area contributed by atoms with E-state index in [4.69, 9.17) is 25.7 Å². The molecule has 0 aliphatic carbocycles. The SMILES string of the molecule is CCCC1CCCC2(NC3NC4(CCC=CC(CC)O4)CC4CCC(C2C(=O)OCCCCCCCCCCCCCCCC(=O)N(CCCN)CCCCN)N43)O1. The Morgan fingerprint density at radius 1 is 0.810 bits per heavy atom. The summed E-state index contributed by atoms with van der Waals surface area (Å²) < 4.78 is 20.1. The van der Waals surface area contributed by atoms with Crippen molar-refractivity contribution in [3.63, 3.8) is 0 Å². The van der Waals surface area contributed by atoms with E-state index in [0.717, 1.165) is 129 Å². The minimum absolute atomic E-state index is 0.0671. The van der Waals surface area contributed by atoms with Crippen molar-refractivity contribution in [2.45, 2.75) is 236 Å². The zero-order valence-electron chi connectivity index (χ0n) is 37.0. The molecular formula is C47H86N6O5. The minimum atomic E-state index is -0.716. The lowest BCUT2D eigenvalue weighted by Gasteiger charge is -2.60. The van der Waals surface area contributed by atoms with Gasteiger partial charge in [-0.15, -0.1) is 0 Å². The van der Waals surface area contributed by atoms with Crippen molar-refractivity contribution >= 4 is 11.9 Å². The molecule has 11 nitrogen and oxygen atoms in total. The molecule has 0 aromatic carbocycles. The number of amides is 1. The van der Waals surface area contributed by atoms with Gasteiger partial charge in [-0.1, -0.05) is 103 Å². The number of esters is 1. The first-order valence-corrected chi connectivity index (χ1v) is 24.6. The van der Waals surface area contributed by atoms with E-state index in [-0.39, 0.29) is 48.1 Å². The summed E-state index contributed by atoms with van der Waals surface area (Å²) in [5.41, 5.74) is 10.2. The standard InChI is InChI=1S/C47H86N6O5/c1-3-24-40-26-22-31-47(58-40)43(41-29-28-38-37-46(50-45(51-47)53(38)41)30-18-17-25-39(4-2)57-46)44(55)56-36-21-15-13-11-9-7-5-6-8-10-12-14-16-27-42(54)52(35-23-33-49)34-20-19-32-48/h17,25,38-41,43,45,50-51H,3-16,18-24,26-37,48-49H2,1-2H3. The lowest BCUT2D eigenvalue weighted by atomic mass is 9.79. The van der Waals surface area contributed by atoms with Crippen LogP contribution >= 0.6 is 0 Å². The average Bonchev–Trinajstić information content (AvgIpc) is 3.52. The lowest BCUT2D eigenvalue weighted by molar-refractivity contribution is -0.258. The zero-order valence-corrected chi connectivity index (χ0v) is 37.0. The van der Waals surface area contributed by atoms with Crippen LogP contribution in [0.3, 0.4) is 0 Å². The van der Waals surface area contributed by atoms with Gasteiger partial charge in [-0.3, -0.25) is 25.1 Å². The van der Waals surface area contributed by atoms with Crippen molar-refractivity contribution in [2.75, 3.05) is 32.8 Å². The molecule has 0 saturated carbocycles. The Labute approximate surface area is 353 Å². The van der Waals surface area contributed by atoms with Crippen molar-refractivity contribution in [2.24, 2.45) is 17.4 Å². The number of allylic oxidation sites excluding steroid dienone is 1. The minimum Gasteiger partial charge on any atom is -0.465 e. The van der Waals surface area contributed by atoms with E-state index < -0.39 is 5.72 Å². The van der Waals surface area contributed by atoms with Crippen LogP contribution in [-0.2, 0) is 23.8 Å². The van der Waals surface area contributed by atoms with E-state index in [0.29, 0.717) is 32.2 Å². The van der Waals surface area contributed by atoms with Crippen LogP contribution in [0.5, 0.6) is 0 Å². The fourth-order valence-corrected chi connectivity index (χ4v) is 10.9. The van der Waals surface area contributed by atoms with E-state index in [1.165, 1.54) is 57.8 Å². The van der Waals surface area contributed by atoms with E-state index in [9.17, 15) is 9.59 Å². The summed E-state index contributed by atoms with van der Waals surface area (Å²) in [5.74, 6) is -0.107. The Bertz CT molecular complexity index is 1220. The molecule has 5 aliphatic rings. The molecule has 11 heteroatoms. The van der Waals surface area contributed by atoms with Crippen molar-refractivity contribution in [1.82, 2.24) is 20.4 Å². The number of nitrogens with zero attached hydrogens (tertiary/aromatic N) is 2. The number of hydrogen-bond acceptors (Lipinski definition) is 10. The van der Waals surface area contributed by atoms with Gasteiger partial charge in [0.1, 0.15) is 23.7 Å². The first kappa shape index (κ1) is 47.4. The van der Waals surface area contributed by atoms with Crippen molar-refractivity contribution in [3.8, 4) is 0 Å². The molecule has 8 unspecified atom stereocenters. The third-order valence-electron chi connectivity index (χ3n) is 13.9. The summed E-state index contributed by atoms with van der Waals surface area (Å²) in [6, 6.07) is 0.478. The molecule has 0 aromatic heterocycles. The van der Waals surface area contributed by atoms with Gasteiger partial charge in [0.2, 0.25) is 5.91 Å². The molecule has 58 heavy (non-hydrogen) atoms. The number of rotatable bonds is 27. The van der Waals surface area contributed by atoms with Crippen LogP contribution in [0.15, 0.2) is 12.2 Å². The van der Waals surface area contributed by atoms with Crippen LogP contribution in [0.1, 0.15) is 194 Å². The van der Waals surface area contributed by atoms with Gasteiger partial charge >= 0.3 is 5.97 Å². The van der Waals surface area contributed by atoms with E-state index in [1.54, 1.807) is 0 Å². The molecule has 2 spiro atoms. The van der Waals surface area contributed by atoms with E-state index >= 15 is 0 Å². The van der Waals surface area contributed by atoms with Crippen LogP contribution < -0.4 is 22.1 Å². The van der Waals surface area contributed by atoms with Gasteiger partial charge in [0, 0.05) is 38.0 Å². The molecule has 4 saturated heterocycles. The van der Waals surface area contributed by atoms with E-state index in [1.807, 2.05) is 4.90 Å². The summed E-state index contributed by atoms with van der Waals surface area (Å²) >= 11 is 0. The number of hydrogen-bond donors (Lipinski definition) is 4. The Morgan fingerprint density at radius 3 is 2.19 bits per heavy atom. The van der Waals surface area contributed by atoms with Gasteiger partial charge in [-0.05, 0) is 103 Å². The van der Waals surface area contributed by atoms with Crippen molar-refractivity contribution < 1.29 is 23.8 Å². The van der Waals surface area contributed by atoms with Gasteiger partial charge in [-0.25, -0.2) is 0 Å². The predicted octanol–water partition coefficient (Wildman–Crippen LogP) is 8.14. The van der Waals surface area contributed by atoms with Gasteiger partial charge in [0.25, 0.3) is 0 Å². The molecule has 0 bridgehead atoms. The summed E-state index contributed by atoms with van der Waals surface area (Å²) in [6.07, 6.45) is 34.9. The monoisotopic (exact) mass is 815 g/mol. The summed E-state index contributed by atoms with van der Waals surface area (Å²) in [4.78, 5) is 31.5. The molecule has 8 atom stereocenters. The van der Waals surface area contributed by atoms with Crippen LogP contribution in [0.4, 0.5) is 0 Å². The molecule has 4 fully saturated rings. The van der Waals surface area contributed by atoms with Crippen LogP contribution in [0.25, 0.3) is 0 Å². The molecule has 1 amide bonds. The molecule has 5 aliphatic heterocycles. The number of nitrogens with one attached hydrogen (secondary N) is 2. The number of unbranched alkanes of at least 4 members (excludes halogenated alkanes) is 13. The van der Waals surface area contributed by atoms with Gasteiger partial charge in [0.05, 0.1) is 18.8 Å². The lowest BCUT2D eigenvalue weighted by Crippen LogP contribution is -2.81. The highest BCUT2D eigenvalue weighted by Gasteiger charge is 2.64. The third-order valence-corrected chi connectivity index (χ3v) is 13.9. The molecule has 5 rings (SSSR count). The third kappa shape index (κ3) is 13.7. The Kier molecular flexibility index (Phi) is 20.7. The van der Waals surface area contributed by atoms with Gasteiger partial charge < -0.3 is 30.6 Å². The Hall–Kier alpha value is -1.60. The number of ether oxygens (including phenoxy) is 3. The van der Waals surface area contributed by atoms with Crippen molar-refractivity contribution in [3.05, 3.63) is 12.2 Å². The first-order valence-electron chi connectivity index (χ1n) is 24.6. The maximum atomic E-state index is 14.2. The van der Waals surface area contributed by atoms with Crippen LogP contribution in [0, 0.1) is 5.92 Å². The van der Waals surface area contributed by atoms with Crippen molar-refractivity contribution in [1.29, 1.82) is 0 Å². The molecule has 0 radical (unpaired) electrons. The fourth-order valence-electron chi connectivity index (χ4n) is 10.9. The molecular weight excluding hydrogens is 729 g/mol. The van der Waals surface area contributed by atoms with Crippen LogP contribution in [-0.4, -0.2) is 96.5 Å². The topological polar surface area (TPSA) is 144 Å². The second kappa shape index (κ2) is 25.4. The smallest absolute Gasteiger partial charge is 0.314 e. The number of carbonyl (C=O) groups is 2. The van der Waals surface area contributed by atoms with Gasteiger partial charge in [0.15, 0.2) is 0 Å². The summed E-state index contributed by atoms with van der Waals surface area (Å²) in [5, 5.41) is 7.94. The largest absolute Gasteiger partial charge is 0.465 e. The maximum Gasteiger partial charge on any atom is 0.314 e. The number of nitrogens with two attached hydrogens (primary N) is 2. The summed E-state index contributed by atoms with van der Waals surface area (Å²) in [7, 11) is 0. The maximum absolute atomic E-state index is 14.2. The average molecular weight is 815 g/mol. The Balaban J connectivity index is 0.960. The molecule has 5 heterocycles. The highest BCUT2D eigenvalue weighted by molar-refractivity contribution is 5.76. The molecule has 334 valence electrons. The highest BCUT2D eigenvalue weighted by atomic mass is 16.6. The molecule has 6 N–H and O–H groups in total. The quantitative estimate of drug-likeness (QED) is 0.0365. The highest BCUT2D eigenvalue weighted by Crippen LogP contribution is 2.49. The normalized spacial score (nSPS) is 30.8. The van der Waals surface area contributed by atoms with Gasteiger partial charge in [-0.2, -0.15) is 0 Å². The van der Waals surface area contributed by atoms with E-state index in [2.05, 4.69) is 41.5 Å².